The third-order valence-electron chi connectivity index (χ3n) is 3.04. The Labute approximate surface area is 123 Å². The molecule has 0 radical (unpaired) electrons. The van der Waals surface area contributed by atoms with Gasteiger partial charge in [0.2, 0.25) is 0 Å². The Morgan fingerprint density at radius 2 is 1.95 bits per heavy atom. The summed E-state index contributed by atoms with van der Waals surface area (Å²) in [5.41, 5.74) is 3.00. The fourth-order valence-electron chi connectivity index (χ4n) is 1.32. The van der Waals surface area contributed by atoms with E-state index >= 15 is 0 Å². The summed E-state index contributed by atoms with van der Waals surface area (Å²) in [5.74, 6) is 0. The van der Waals surface area contributed by atoms with Gasteiger partial charge in [-0.2, -0.15) is 0 Å². The number of hydrogen-bond acceptors (Lipinski definition) is 1. The molecule has 0 saturated heterocycles. The monoisotopic (exact) mass is 324 g/mol. The van der Waals surface area contributed by atoms with Gasteiger partial charge < -0.3 is 10.6 Å². The molecule has 2 N–H and O–H groups in total. The van der Waals surface area contributed by atoms with Crippen molar-refractivity contribution in [2.24, 2.45) is 5.41 Å². The van der Waals surface area contributed by atoms with Crippen LogP contribution >= 0.6 is 15.9 Å². The minimum absolute atomic E-state index is 0.0564. The highest BCUT2D eigenvalue weighted by Gasteiger charge is 2.12. The molecule has 0 unspecified atom stereocenters. The SMILES string of the molecule is C/C(=C\NC(=O)Nc1ccc(Br)cc1C)C(C)(C)C. The number of hydrogen-bond donors (Lipinski definition) is 2. The van der Waals surface area contributed by atoms with E-state index in [1.54, 1.807) is 6.20 Å². The van der Waals surface area contributed by atoms with E-state index in [9.17, 15) is 4.79 Å². The van der Waals surface area contributed by atoms with Gasteiger partial charge in [0.1, 0.15) is 0 Å². The van der Waals surface area contributed by atoms with Gasteiger partial charge in [0, 0.05) is 16.4 Å². The molecule has 0 aliphatic heterocycles. The van der Waals surface area contributed by atoms with Crippen molar-refractivity contribution in [3.8, 4) is 0 Å². The normalized spacial score (nSPS) is 12.2. The Morgan fingerprint density at radius 3 is 2.47 bits per heavy atom. The van der Waals surface area contributed by atoms with Gasteiger partial charge in [-0.3, -0.25) is 0 Å². The van der Waals surface area contributed by atoms with E-state index in [0.717, 1.165) is 21.3 Å². The number of carbonyl (C=O) groups is 1. The maximum absolute atomic E-state index is 11.8. The molecule has 0 heterocycles. The van der Waals surface area contributed by atoms with Crippen LogP contribution in [0.15, 0.2) is 34.4 Å². The number of anilines is 1. The summed E-state index contributed by atoms with van der Waals surface area (Å²) in [6.45, 7) is 10.3. The first kappa shape index (κ1) is 15.8. The number of rotatable bonds is 2. The second-order valence-electron chi connectivity index (χ2n) is 5.64. The van der Waals surface area contributed by atoms with Crippen molar-refractivity contribution >= 4 is 27.6 Å². The van der Waals surface area contributed by atoms with Crippen molar-refractivity contribution in [3.63, 3.8) is 0 Å². The van der Waals surface area contributed by atoms with Gasteiger partial charge in [-0.25, -0.2) is 4.79 Å². The molecule has 104 valence electrons. The zero-order chi connectivity index (χ0) is 14.6. The summed E-state index contributed by atoms with van der Waals surface area (Å²) >= 11 is 3.40. The van der Waals surface area contributed by atoms with Crippen molar-refractivity contribution in [1.29, 1.82) is 0 Å². The van der Waals surface area contributed by atoms with Gasteiger partial charge in [0.25, 0.3) is 0 Å². The first-order valence-corrected chi connectivity index (χ1v) is 7.00. The van der Waals surface area contributed by atoms with Crippen LogP contribution in [0, 0.1) is 12.3 Å². The van der Waals surface area contributed by atoms with E-state index in [2.05, 4.69) is 47.3 Å². The highest BCUT2D eigenvalue weighted by atomic mass is 79.9. The maximum atomic E-state index is 11.8. The molecule has 0 fully saturated rings. The number of allylic oxidation sites excluding steroid dienone is 1. The first-order valence-electron chi connectivity index (χ1n) is 6.21. The number of benzene rings is 1. The molecule has 1 aromatic carbocycles. The number of urea groups is 1. The van der Waals surface area contributed by atoms with Crippen LogP contribution in [0.1, 0.15) is 33.3 Å². The molecule has 0 aromatic heterocycles. The molecule has 2 amide bonds. The molecular formula is C15H21BrN2O. The smallest absolute Gasteiger partial charge is 0.314 e. The van der Waals surface area contributed by atoms with E-state index in [-0.39, 0.29) is 11.4 Å². The molecule has 0 aliphatic carbocycles. The van der Waals surface area contributed by atoms with Crippen molar-refractivity contribution in [1.82, 2.24) is 5.32 Å². The zero-order valence-corrected chi connectivity index (χ0v) is 13.7. The largest absolute Gasteiger partial charge is 0.323 e. The predicted octanol–water partition coefficient (Wildman–Crippen LogP) is 4.83. The summed E-state index contributed by atoms with van der Waals surface area (Å²) in [6, 6.07) is 5.51. The Morgan fingerprint density at radius 1 is 1.32 bits per heavy atom. The highest BCUT2D eigenvalue weighted by Crippen LogP contribution is 2.23. The lowest BCUT2D eigenvalue weighted by molar-refractivity contribution is 0.255. The van der Waals surface area contributed by atoms with Crippen molar-refractivity contribution < 1.29 is 4.79 Å². The lowest BCUT2D eigenvalue weighted by atomic mass is 9.88. The van der Waals surface area contributed by atoms with Crippen LogP contribution in [-0.2, 0) is 0 Å². The number of carbonyl (C=O) groups excluding carboxylic acids is 1. The second-order valence-corrected chi connectivity index (χ2v) is 6.55. The van der Waals surface area contributed by atoms with Crippen LogP contribution in [-0.4, -0.2) is 6.03 Å². The fraction of sp³-hybridized carbons (Fsp3) is 0.400. The highest BCUT2D eigenvalue weighted by molar-refractivity contribution is 9.10. The molecule has 0 aliphatic rings. The van der Waals surface area contributed by atoms with Gasteiger partial charge in [-0.05, 0) is 43.0 Å². The average molecular weight is 325 g/mol. The second kappa shape index (κ2) is 6.24. The molecule has 0 spiro atoms. The van der Waals surface area contributed by atoms with Gasteiger partial charge in [0.05, 0.1) is 0 Å². The lowest BCUT2D eigenvalue weighted by Crippen LogP contribution is -2.25. The van der Waals surface area contributed by atoms with E-state index in [1.165, 1.54) is 0 Å². The summed E-state index contributed by atoms with van der Waals surface area (Å²) in [6.07, 6.45) is 1.75. The van der Waals surface area contributed by atoms with Crippen molar-refractivity contribution in [2.45, 2.75) is 34.6 Å². The molecule has 0 saturated carbocycles. The van der Waals surface area contributed by atoms with Crippen LogP contribution in [0.2, 0.25) is 0 Å². The zero-order valence-electron chi connectivity index (χ0n) is 12.1. The van der Waals surface area contributed by atoms with Crippen molar-refractivity contribution in [3.05, 3.63) is 40.0 Å². The third-order valence-corrected chi connectivity index (χ3v) is 3.53. The predicted molar refractivity (Wildman–Crippen MR) is 84.2 cm³/mol. The average Bonchev–Trinajstić information content (AvgIpc) is 2.28. The minimum atomic E-state index is -0.228. The summed E-state index contributed by atoms with van der Waals surface area (Å²) in [5, 5.41) is 5.58. The van der Waals surface area contributed by atoms with E-state index in [1.807, 2.05) is 32.0 Å². The Kier molecular flexibility index (Phi) is 5.18. The molecule has 3 nitrogen and oxygen atoms in total. The Bertz CT molecular complexity index is 501. The Balaban J connectivity index is 2.66. The molecule has 0 bridgehead atoms. The Hall–Kier alpha value is -1.29. The summed E-state index contributed by atoms with van der Waals surface area (Å²) < 4.78 is 0.999. The van der Waals surface area contributed by atoms with E-state index in [0.29, 0.717) is 0 Å². The lowest BCUT2D eigenvalue weighted by Gasteiger charge is -2.19. The molecule has 0 atom stereocenters. The maximum Gasteiger partial charge on any atom is 0.323 e. The van der Waals surface area contributed by atoms with Crippen LogP contribution < -0.4 is 10.6 Å². The standard InChI is InChI=1S/C15H21BrN2O/c1-10-8-12(16)6-7-13(10)18-14(19)17-9-11(2)15(3,4)5/h6-9H,1-5H3,(H2,17,18,19)/b11-9+. The molecule has 19 heavy (non-hydrogen) atoms. The topological polar surface area (TPSA) is 41.1 Å². The number of halogens is 1. The van der Waals surface area contributed by atoms with E-state index in [4.69, 9.17) is 0 Å². The van der Waals surface area contributed by atoms with Gasteiger partial charge in [-0.15, -0.1) is 0 Å². The quantitative estimate of drug-likeness (QED) is 0.803. The number of amides is 2. The third kappa shape index (κ3) is 5.07. The molecule has 1 aromatic rings. The van der Waals surface area contributed by atoms with Crippen LogP contribution in [0.5, 0.6) is 0 Å². The molecular weight excluding hydrogens is 304 g/mol. The van der Waals surface area contributed by atoms with Crippen molar-refractivity contribution in [2.75, 3.05) is 5.32 Å². The van der Waals surface area contributed by atoms with Crippen LogP contribution in [0.3, 0.4) is 0 Å². The molecule has 1 rings (SSSR count). The fourth-order valence-corrected chi connectivity index (χ4v) is 1.79. The summed E-state index contributed by atoms with van der Waals surface area (Å²) in [4.78, 5) is 11.8. The number of aryl methyl sites for hydroxylation is 1. The first-order chi connectivity index (χ1) is 8.70. The van der Waals surface area contributed by atoms with Gasteiger partial charge >= 0.3 is 6.03 Å². The molecule has 4 heteroatoms. The van der Waals surface area contributed by atoms with Crippen LogP contribution in [0.4, 0.5) is 10.5 Å². The summed E-state index contributed by atoms with van der Waals surface area (Å²) in [7, 11) is 0. The van der Waals surface area contributed by atoms with Gasteiger partial charge in [-0.1, -0.05) is 42.3 Å². The minimum Gasteiger partial charge on any atom is -0.314 e. The van der Waals surface area contributed by atoms with Crippen LogP contribution in [0.25, 0.3) is 0 Å². The van der Waals surface area contributed by atoms with E-state index < -0.39 is 0 Å². The van der Waals surface area contributed by atoms with Gasteiger partial charge in [0.15, 0.2) is 0 Å². The number of nitrogens with one attached hydrogen (secondary N) is 2.